The molecule has 0 radical (unpaired) electrons. The topological polar surface area (TPSA) is 77.4 Å². The fraction of sp³-hybridized carbons (Fsp3) is 0.471. The van der Waals surface area contributed by atoms with E-state index in [0.717, 1.165) is 11.1 Å². The average Bonchev–Trinajstić information content (AvgIpc) is 3.03. The molecule has 0 N–H and O–H groups in total. The number of benzene rings is 1. The molecule has 1 aromatic carbocycles. The summed E-state index contributed by atoms with van der Waals surface area (Å²) in [7, 11) is 1.32. The molecule has 130 valence electrons. The smallest absolute Gasteiger partial charge is 0.334 e. The van der Waals surface area contributed by atoms with Crippen LogP contribution in [0.3, 0.4) is 0 Å². The van der Waals surface area contributed by atoms with Crippen LogP contribution in [0.1, 0.15) is 31.9 Å². The highest BCUT2D eigenvalue weighted by molar-refractivity contribution is 5.97. The van der Waals surface area contributed by atoms with Gasteiger partial charge in [-0.15, -0.1) is 0 Å². The lowest BCUT2D eigenvalue weighted by atomic mass is 10.1. The van der Waals surface area contributed by atoms with E-state index < -0.39 is 17.6 Å². The molecular formula is C17H22N2O5. The Balaban J connectivity index is 2.03. The van der Waals surface area contributed by atoms with Crippen molar-refractivity contribution in [2.24, 2.45) is 4.99 Å². The summed E-state index contributed by atoms with van der Waals surface area (Å²) in [6, 6.07) is 6.75. The lowest BCUT2D eigenvalue weighted by Crippen LogP contribution is -2.32. The molecule has 0 bridgehead atoms. The second-order valence-corrected chi connectivity index (χ2v) is 6.37. The molecular weight excluding hydrogens is 312 g/mol. The third-order valence-corrected chi connectivity index (χ3v) is 3.17. The predicted octanol–water partition coefficient (Wildman–Crippen LogP) is 1.69. The molecule has 24 heavy (non-hydrogen) atoms. The first-order valence-corrected chi connectivity index (χ1v) is 7.61. The van der Waals surface area contributed by atoms with Gasteiger partial charge >= 0.3 is 5.97 Å². The van der Waals surface area contributed by atoms with E-state index in [9.17, 15) is 9.59 Å². The van der Waals surface area contributed by atoms with Crippen molar-refractivity contribution in [2.45, 2.75) is 39.0 Å². The van der Waals surface area contributed by atoms with Crippen molar-refractivity contribution in [2.75, 3.05) is 13.7 Å². The second-order valence-electron chi connectivity index (χ2n) is 6.37. The number of nitrogens with zero attached hydrogens (tertiary/aromatic N) is 2. The highest BCUT2D eigenvalue weighted by atomic mass is 16.7. The maximum atomic E-state index is 11.5. The van der Waals surface area contributed by atoms with Gasteiger partial charge in [-0.3, -0.25) is 9.63 Å². The third kappa shape index (κ3) is 4.79. The molecule has 2 rings (SSSR count). The molecule has 1 atom stereocenters. The first-order chi connectivity index (χ1) is 11.3. The Labute approximate surface area is 141 Å². The number of hydroxylamine groups is 2. The van der Waals surface area contributed by atoms with Gasteiger partial charge in [0.15, 0.2) is 6.04 Å². The Bertz CT molecular complexity index is 619. The first kappa shape index (κ1) is 17.9. The molecule has 0 saturated carbocycles. The van der Waals surface area contributed by atoms with E-state index in [2.05, 4.69) is 9.73 Å². The lowest BCUT2D eigenvalue weighted by Gasteiger charge is -2.26. The van der Waals surface area contributed by atoms with Crippen LogP contribution in [0.25, 0.3) is 0 Å². The van der Waals surface area contributed by atoms with Crippen molar-refractivity contribution in [1.82, 2.24) is 5.06 Å². The molecule has 1 amide bonds. The van der Waals surface area contributed by atoms with Crippen LogP contribution in [-0.4, -0.2) is 48.7 Å². The van der Waals surface area contributed by atoms with E-state index >= 15 is 0 Å². The minimum atomic E-state index is -0.615. The summed E-state index contributed by atoms with van der Waals surface area (Å²) in [5.74, 6) is -0.00212. The molecule has 0 spiro atoms. The normalized spacial score (nSPS) is 17.0. The van der Waals surface area contributed by atoms with Crippen LogP contribution < -0.4 is 0 Å². The van der Waals surface area contributed by atoms with Gasteiger partial charge < -0.3 is 9.47 Å². The summed E-state index contributed by atoms with van der Waals surface area (Å²) in [4.78, 5) is 32.3. The van der Waals surface area contributed by atoms with Crippen molar-refractivity contribution in [3.63, 3.8) is 0 Å². The fourth-order valence-corrected chi connectivity index (χ4v) is 2.16. The summed E-state index contributed by atoms with van der Waals surface area (Å²) in [6.07, 6.45) is 0.657. The summed E-state index contributed by atoms with van der Waals surface area (Å²) in [6.45, 7) is 6.14. The number of carbonyl (C=O) groups excluding carboxylic acids is 2. The van der Waals surface area contributed by atoms with E-state index in [0.29, 0.717) is 18.9 Å². The van der Waals surface area contributed by atoms with Crippen molar-refractivity contribution >= 4 is 18.3 Å². The van der Waals surface area contributed by atoms with Gasteiger partial charge in [0.2, 0.25) is 12.3 Å². The van der Waals surface area contributed by atoms with Crippen LogP contribution in [0, 0.1) is 0 Å². The number of amides is 1. The highest BCUT2D eigenvalue weighted by Gasteiger charge is 2.27. The number of ether oxygens (including phenoxy) is 2. The predicted molar refractivity (Wildman–Crippen MR) is 87.2 cm³/mol. The van der Waals surface area contributed by atoms with E-state index in [-0.39, 0.29) is 6.61 Å². The number of hydrogen-bond donors (Lipinski definition) is 0. The van der Waals surface area contributed by atoms with Gasteiger partial charge in [0, 0.05) is 5.56 Å². The molecule has 1 heterocycles. The SMILES string of the molecule is COC(=O)C1COC(c2ccc(CN(C=O)OC(C)(C)C)cc2)=N1. The Hall–Kier alpha value is -2.41. The Morgan fingerprint density at radius 1 is 1.38 bits per heavy atom. The molecule has 0 fully saturated rings. The lowest BCUT2D eigenvalue weighted by molar-refractivity contribution is -0.220. The average molecular weight is 334 g/mol. The fourth-order valence-electron chi connectivity index (χ4n) is 2.16. The minimum Gasteiger partial charge on any atom is -0.475 e. The summed E-state index contributed by atoms with van der Waals surface area (Å²) < 4.78 is 10.1. The van der Waals surface area contributed by atoms with E-state index in [4.69, 9.17) is 9.57 Å². The van der Waals surface area contributed by atoms with Crippen molar-refractivity contribution < 1.29 is 23.9 Å². The van der Waals surface area contributed by atoms with Gasteiger partial charge in [0.05, 0.1) is 19.3 Å². The van der Waals surface area contributed by atoms with Gasteiger partial charge in [-0.2, -0.15) is 0 Å². The quantitative estimate of drug-likeness (QED) is 0.449. The monoisotopic (exact) mass is 334 g/mol. The molecule has 1 unspecified atom stereocenters. The molecule has 1 aliphatic heterocycles. The first-order valence-electron chi connectivity index (χ1n) is 7.61. The number of aliphatic imine (C=N–C) groups is 1. The van der Waals surface area contributed by atoms with Crippen LogP contribution in [0.5, 0.6) is 0 Å². The zero-order chi connectivity index (χ0) is 17.7. The van der Waals surface area contributed by atoms with E-state index in [1.807, 2.05) is 45.0 Å². The molecule has 1 aliphatic rings. The van der Waals surface area contributed by atoms with Gasteiger partial charge in [-0.05, 0) is 38.5 Å². The summed E-state index contributed by atoms with van der Waals surface area (Å²) in [5, 5.41) is 1.26. The van der Waals surface area contributed by atoms with Gasteiger partial charge in [0.1, 0.15) is 6.61 Å². The second kappa shape index (κ2) is 7.44. The summed E-state index contributed by atoms with van der Waals surface area (Å²) >= 11 is 0. The van der Waals surface area contributed by atoms with Gasteiger partial charge in [-0.25, -0.2) is 14.9 Å². The van der Waals surface area contributed by atoms with Crippen molar-refractivity contribution in [3.05, 3.63) is 35.4 Å². The Morgan fingerprint density at radius 2 is 2.04 bits per heavy atom. The minimum absolute atomic E-state index is 0.183. The molecule has 0 aromatic heterocycles. The van der Waals surface area contributed by atoms with Gasteiger partial charge in [-0.1, -0.05) is 12.1 Å². The molecule has 0 saturated heterocycles. The number of methoxy groups -OCH3 is 1. The third-order valence-electron chi connectivity index (χ3n) is 3.17. The zero-order valence-corrected chi connectivity index (χ0v) is 14.3. The Kier molecular flexibility index (Phi) is 5.56. The van der Waals surface area contributed by atoms with Crippen LogP contribution in [-0.2, 0) is 30.4 Å². The summed E-state index contributed by atoms with van der Waals surface area (Å²) in [5.41, 5.74) is 1.22. The Morgan fingerprint density at radius 3 is 2.58 bits per heavy atom. The molecule has 7 nitrogen and oxygen atoms in total. The number of esters is 1. The van der Waals surface area contributed by atoms with Crippen LogP contribution in [0.15, 0.2) is 29.3 Å². The maximum absolute atomic E-state index is 11.5. The standard InChI is InChI=1S/C17H22N2O5/c1-17(2,3)24-19(11-20)9-12-5-7-13(8-6-12)15-18-14(10-23-15)16(21)22-4/h5-8,11,14H,9-10H2,1-4H3. The van der Waals surface area contributed by atoms with E-state index in [1.54, 1.807) is 0 Å². The van der Waals surface area contributed by atoms with Crippen LogP contribution in [0.2, 0.25) is 0 Å². The van der Waals surface area contributed by atoms with E-state index in [1.165, 1.54) is 12.2 Å². The highest BCUT2D eigenvalue weighted by Crippen LogP contribution is 2.16. The molecule has 1 aromatic rings. The maximum Gasteiger partial charge on any atom is 0.334 e. The number of carbonyl (C=O) groups is 2. The number of hydrogen-bond acceptors (Lipinski definition) is 6. The largest absolute Gasteiger partial charge is 0.475 e. The molecule has 7 heteroatoms. The molecule has 0 aliphatic carbocycles. The van der Waals surface area contributed by atoms with Gasteiger partial charge in [0.25, 0.3) is 0 Å². The number of rotatable bonds is 6. The van der Waals surface area contributed by atoms with Crippen LogP contribution >= 0.6 is 0 Å². The van der Waals surface area contributed by atoms with Crippen LogP contribution in [0.4, 0.5) is 0 Å². The van der Waals surface area contributed by atoms with Crippen molar-refractivity contribution in [1.29, 1.82) is 0 Å². The van der Waals surface area contributed by atoms with Crippen molar-refractivity contribution in [3.8, 4) is 0 Å². The zero-order valence-electron chi connectivity index (χ0n) is 14.3.